The highest BCUT2D eigenvalue weighted by Gasteiger charge is 2.28. The summed E-state index contributed by atoms with van der Waals surface area (Å²) >= 11 is 0. The molecule has 0 atom stereocenters. The van der Waals surface area contributed by atoms with Crippen molar-refractivity contribution in [2.75, 3.05) is 24.7 Å². The van der Waals surface area contributed by atoms with Gasteiger partial charge in [0.15, 0.2) is 0 Å². The lowest BCUT2D eigenvalue weighted by Crippen LogP contribution is -2.29. The summed E-state index contributed by atoms with van der Waals surface area (Å²) in [7, 11) is 0. The van der Waals surface area contributed by atoms with Crippen LogP contribution in [-0.4, -0.2) is 31.3 Å². The van der Waals surface area contributed by atoms with Crippen LogP contribution in [0.3, 0.4) is 0 Å². The van der Waals surface area contributed by atoms with E-state index in [0.717, 1.165) is 49.8 Å². The van der Waals surface area contributed by atoms with Crippen molar-refractivity contribution in [2.45, 2.75) is 83.7 Å². The number of benzene rings is 2. The zero-order chi connectivity index (χ0) is 27.9. The number of ether oxygens (including phenoxy) is 3. The fourth-order valence-electron chi connectivity index (χ4n) is 4.76. The largest absolute Gasteiger partial charge is 0.462 e. The van der Waals surface area contributed by atoms with E-state index in [9.17, 15) is 9.59 Å². The molecule has 0 spiro atoms. The molecule has 0 heterocycles. The molecule has 1 aliphatic carbocycles. The number of hydrogen-bond donors (Lipinski definition) is 2. The van der Waals surface area contributed by atoms with E-state index < -0.39 is 5.97 Å². The molecule has 0 aliphatic heterocycles. The third kappa shape index (κ3) is 11.1. The first kappa shape index (κ1) is 30.2. The van der Waals surface area contributed by atoms with Crippen molar-refractivity contribution < 1.29 is 23.8 Å². The van der Waals surface area contributed by atoms with E-state index >= 15 is 0 Å². The van der Waals surface area contributed by atoms with Crippen LogP contribution in [0.5, 0.6) is 5.75 Å². The molecule has 39 heavy (non-hydrogen) atoms. The van der Waals surface area contributed by atoms with Crippen LogP contribution >= 0.6 is 0 Å². The van der Waals surface area contributed by atoms with Gasteiger partial charge in [0.25, 0.3) is 0 Å². The summed E-state index contributed by atoms with van der Waals surface area (Å²) in [6, 6.07) is 12.4. The smallest absolute Gasteiger partial charge is 0.330 e. The first-order chi connectivity index (χ1) is 18.9. The molecule has 2 aromatic rings. The first-order valence-corrected chi connectivity index (χ1v) is 14.4. The molecule has 3 rings (SSSR count). The number of nitrogens with two attached hydrogens (primary N) is 2. The molecule has 1 saturated carbocycles. The maximum atomic E-state index is 12.6. The second kappa shape index (κ2) is 16.6. The van der Waals surface area contributed by atoms with Gasteiger partial charge in [-0.1, -0.05) is 57.2 Å². The van der Waals surface area contributed by atoms with Crippen molar-refractivity contribution >= 4 is 29.4 Å². The Bertz CT molecular complexity index is 1060. The number of unbranched alkanes of at least 4 members (excludes halogenated alkanes) is 5. The molecule has 0 saturated heterocycles. The van der Waals surface area contributed by atoms with Gasteiger partial charge in [-0.3, -0.25) is 4.79 Å². The number of nitrogen functional groups attached to an aromatic ring is 2. The molecule has 0 amide bonds. The fraction of sp³-hybridized carbons (Fsp3) is 0.500. The molecule has 7 heteroatoms. The summed E-state index contributed by atoms with van der Waals surface area (Å²) in [5.41, 5.74) is 14.5. The Kier molecular flexibility index (Phi) is 12.9. The molecule has 4 N–H and O–H groups in total. The Morgan fingerprint density at radius 2 is 1.62 bits per heavy atom. The van der Waals surface area contributed by atoms with Gasteiger partial charge in [0.2, 0.25) is 0 Å². The summed E-state index contributed by atoms with van der Waals surface area (Å²) in [6.07, 6.45) is 14.8. The first-order valence-electron chi connectivity index (χ1n) is 14.4. The van der Waals surface area contributed by atoms with E-state index in [4.69, 9.17) is 25.7 Å². The number of hydrogen-bond acceptors (Lipinski definition) is 7. The zero-order valence-corrected chi connectivity index (χ0v) is 23.2. The number of carbonyl (C=O) groups excluding carboxylic acids is 2. The summed E-state index contributed by atoms with van der Waals surface area (Å²) in [5, 5.41) is 0. The minimum Gasteiger partial charge on any atom is -0.462 e. The minimum atomic E-state index is -0.439. The molecular formula is C32H44N2O5. The topological polar surface area (TPSA) is 114 Å². The third-order valence-corrected chi connectivity index (χ3v) is 7.16. The molecule has 212 valence electrons. The van der Waals surface area contributed by atoms with E-state index in [2.05, 4.69) is 6.92 Å². The lowest BCUT2D eigenvalue weighted by Gasteiger charge is -2.27. The predicted octanol–water partition coefficient (Wildman–Crippen LogP) is 6.49. The average molecular weight is 537 g/mol. The Morgan fingerprint density at radius 1 is 0.897 bits per heavy atom. The van der Waals surface area contributed by atoms with E-state index in [1.54, 1.807) is 42.5 Å². The molecule has 0 unspecified atom stereocenters. The van der Waals surface area contributed by atoms with Crippen molar-refractivity contribution in [3.05, 3.63) is 59.7 Å². The van der Waals surface area contributed by atoms with Crippen molar-refractivity contribution in [3.8, 4) is 5.75 Å². The second-order valence-electron chi connectivity index (χ2n) is 10.3. The minimum absolute atomic E-state index is 0.0863. The SMILES string of the molecule is CCCCCCCCOC1CCC(C(=O)Oc2ccc(/C=C/C(=O)OCCc3ccc(N)cc3N)cc2)CC1. The Hall–Kier alpha value is -3.32. The van der Waals surface area contributed by atoms with Gasteiger partial charge in [0.1, 0.15) is 5.75 Å². The van der Waals surface area contributed by atoms with Crippen LogP contribution in [0.15, 0.2) is 48.5 Å². The zero-order valence-electron chi connectivity index (χ0n) is 23.2. The van der Waals surface area contributed by atoms with Crippen molar-refractivity contribution in [1.29, 1.82) is 0 Å². The quantitative estimate of drug-likeness (QED) is 0.0879. The molecule has 1 fully saturated rings. The Labute approximate surface area is 232 Å². The number of anilines is 2. The van der Waals surface area contributed by atoms with Gasteiger partial charge in [0.05, 0.1) is 18.6 Å². The third-order valence-electron chi connectivity index (χ3n) is 7.16. The molecule has 7 nitrogen and oxygen atoms in total. The lowest BCUT2D eigenvalue weighted by molar-refractivity contribution is -0.141. The summed E-state index contributed by atoms with van der Waals surface area (Å²) < 4.78 is 16.9. The monoisotopic (exact) mass is 536 g/mol. The van der Waals surface area contributed by atoms with Crippen LogP contribution in [0.4, 0.5) is 11.4 Å². The Morgan fingerprint density at radius 3 is 2.33 bits per heavy atom. The maximum Gasteiger partial charge on any atom is 0.330 e. The Balaban J connectivity index is 1.31. The van der Waals surface area contributed by atoms with Gasteiger partial charge in [-0.25, -0.2) is 4.79 Å². The van der Waals surface area contributed by atoms with Crippen LogP contribution < -0.4 is 16.2 Å². The standard InChI is InChI=1S/C32H44N2O5/c1-2-3-4-5-6-7-21-37-28-17-12-26(13-18-28)32(36)39-29-15-8-24(9-16-29)10-19-31(35)38-22-20-25-11-14-27(33)23-30(25)34/h8-11,14-16,19,23,26,28H,2-7,12-13,17-18,20-22,33-34H2,1H3/b19-10+. The van der Waals surface area contributed by atoms with Crippen molar-refractivity contribution in [2.24, 2.45) is 5.92 Å². The molecule has 0 aromatic heterocycles. The highest BCUT2D eigenvalue weighted by Crippen LogP contribution is 2.28. The van der Waals surface area contributed by atoms with Gasteiger partial charge in [0, 0.05) is 30.5 Å². The second-order valence-corrected chi connectivity index (χ2v) is 10.3. The van der Waals surface area contributed by atoms with Gasteiger partial charge in [-0.05, 0) is 73.6 Å². The summed E-state index contributed by atoms with van der Waals surface area (Å²) in [6.45, 7) is 3.28. The van der Waals surface area contributed by atoms with Crippen LogP contribution in [0.2, 0.25) is 0 Å². The van der Waals surface area contributed by atoms with Crippen molar-refractivity contribution in [1.82, 2.24) is 0 Å². The van der Waals surface area contributed by atoms with Crippen LogP contribution in [0, 0.1) is 5.92 Å². The van der Waals surface area contributed by atoms with E-state index in [1.165, 1.54) is 38.2 Å². The summed E-state index contributed by atoms with van der Waals surface area (Å²) in [4.78, 5) is 24.7. The molecule has 2 aromatic carbocycles. The highest BCUT2D eigenvalue weighted by atomic mass is 16.5. The van der Waals surface area contributed by atoms with Crippen LogP contribution in [0.1, 0.15) is 82.3 Å². The van der Waals surface area contributed by atoms with E-state index in [0.29, 0.717) is 23.5 Å². The molecular weight excluding hydrogens is 492 g/mol. The van der Waals surface area contributed by atoms with Gasteiger partial charge < -0.3 is 25.7 Å². The molecule has 0 bridgehead atoms. The highest BCUT2D eigenvalue weighted by molar-refractivity contribution is 5.87. The molecule has 1 aliphatic rings. The van der Waals surface area contributed by atoms with Crippen molar-refractivity contribution in [3.63, 3.8) is 0 Å². The van der Waals surface area contributed by atoms with Gasteiger partial charge >= 0.3 is 11.9 Å². The van der Waals surface area contributed by atoms with Gasteiger partial charge in [-0.2, -0.15) is 0 Å². The maximum absolute atomic E-state index is 12.6. The normalized spacial score (nSPS) is 17.3. The predicted molar refractivity (Wildman–Crippen MR) is 156 cm³/mol. The average Bonchev–Trinajstić information content (AvgIpc) is 2.93. The molecule has 0 radical (unpaired) electrons. The number of rotatable bonds is 15. The van der Waals surface area contributed by atoms with E-state index in [-0.39, 0.29) is 24.6 Å². The van der Waals surface area contributed by atoms with Crippen LogP contribution in [0.25, 0.3) is 6.08 Å². The fourth-order valence-corrected chi connectivity index (χ4v) is 4.76. The lowest BCUT2D eigenvalue weighted by atomic mass is 9.87. The summed E-state index contributed by atoms with van der Waals surface area (Å²) in [5.74, 6) is -0.205. The number of carbonyl (C=O) groups is 2. The number of esters is 2. The van der Waals surface area contributed by atoms with Gasteiger partial charge in [-0.15, -0.1) is 0 Å². The van der Waals surface area contributed by atoms with E-state index in [1.807, 2.05) is 6.07 Å². The van der Waals surface area contributed by atoms with Crippen LogP contribution in [-0.2, 0) is 25.5 Å².